The second kappa shape index (κ2) is 5.70. The third kappa shape index (κ3) is 3.22. The van der Waals surface area contributed by atoms with Crippen molar-refractivity contribution in [2.45, 2.75) is 25.3 Å². The average molecular weight is 329 g/mol. The summed E-state index contributed by atoms with van der Waals surface area (Å²) in [4.78, 5) is 4.80. The van der Waals surface area contributed by atoms with Crippen LogP contribution in [0.25, 0.3) is 0 Å². The second-order valence-corrected chi connectivity index (χ2v) is 8.07. The fraction of sp³-hybridized carbons (Fsp3) is 0.308. The number of nitrogens with zero attached hydrogens (tertiary/aromatic N) is 2. The van der Waals surface area contributed by atoms with Crippen molar-refractivity contribution in [2.24, 2.45) is 0 Å². The summed E-state index contributed by atoms with van der Waals surface area (Å²) in [6.07, 6.45) is 1.64. The molecule has 0 spiro atoms. The minimum absolute atomic E-state index is 0.0662. The number of rotatable bonds is 4. The molecule has 0 amide bonds. The highest BCUT2D eigenvalue weighted by molar-refractivity contribution is 7.89. The predicted molar refractivity (Wildman–Crippen MR) is 81.1 cm³/mol. The summed E-state index contributed by atoms with van der Waals surface area (Å²) in [5, 5.41) is 0.863. The van der Waals surface area contributed by atoms with Crippen molar-refractivity contribution in [1.82, 2.24) is 9.29 Å². The van der Waals surface area contributed by atoms with Gasteiger partial charge in [-0.25, -0.2) is 17.8 Å². The Kier molecular flexibility index (Phi) is 4.31. The smallest absolute Gasteiger partial charge is 0.243 e. The fourth-order valence-corrected chi connectivity index (χ4v) is 4.24. The Labute approximate surface area is 127 Å². The molecule has 0 fully saturated rings. The maximum atomic E-state index is 13.7. The lowest BCUT2D eigenvalue weighted by atomic mass is 10.2. The van der Waals surface area contributed by atoms with Crippen LogP contribution in [0.1, 0.15) is 15.4 Å². The van der Waals surface area contributed by atoms with Crippen molar-refractivity contribution >= 4 is 27.0 Å². The number of thiazole rings is 1. The molecular formula is C13H16FN3O2S2. The normalized spacial score (nSPS) is 12.0. The zero-order valence-electron chi connectivity index (χ0n) is 11.9. The molecule has 2 N–H and O–H groups in total. The van der Waals surface area contributed by atoms with Crippen molar-refractivity contribution in [1.29, 1.82) is 0 Å². The molecule has 2 rings (SSSR count). The molecule has 0 atom stereocenters. The van der Waals surface area contributed by atoms with Crippen molar-refractivity contribution in [3.63, 3.8) is 0 Å². The van der Waals surface area contributed by atoms with Crippen LogP contribution in [0.2, 0.25) is 0 Å². The minimum atomic E-state index is -3.81. The SMILES string of the molecule is Cc1ncc(CN(C)S(=O)(=O)c2cc(N)cc(F)c2C)s1. The zero-order chi connectivity index (χ0) is 15.8. The van der Waals surface area contributed by atoms with Gasteiger partial charge in [-0.05, 0) is 26.0 Å². The molecule has 0 saturated heterocycles. The molecule has 114 valence electrons. The van der Waals surface area contributed by atoms with Gasteiger partial charge in [0.15, 0.2) is 0 Å². The Balaban J connectivity index is 2.37. The standard InChI is InChI=1S/C13H16FN3O2S2/c1-8-12(14)4-10(15)5-13(8)21(18,19)17(3)7-11-6-16-9(2)20-11/h4-6H,7,15H2,1-3H3. The van der Waals surface area contributed by atoms with Crippen LogP contribution in [-0.4, -0.2) is 24.8 Å². The lowest BCUT2D eigenvalue weighted by molar-refractivity contribution is 0.468. The van der Waals surface area contributed by atoms with Crippen LogP contribution in [0.3, 0.4) is 0 Å². The van der Waals surface area contributed by atoms with Crippen molar-refractivity contribution in [3.8, 4) is 0 Å². The lowest BCUT2D eigenvalue weighted by Gasteiger charge is -2.18. The Morgan fingerprint density at radius 3 is 2.62 bits per heavy atom. The molecule has 8 heteroatoms. The molecule has 21 heavy (non-hydrogen) atoms. The van der Waals surface area contributed by atoms with Crippen LogP contribution in [-0.2, 0) is 16.6 Å². The maximum absolute atomic E-state index is 13.7. The molecule has 0 aliphatic heterocycles. The third-order valence-electron chi connectivity index (χ3n) is 3.05. The predicted octanol–water partition coefficient (Wildman–Crippen LogP) is 2.30. The third-order valence-corrected chi connectivity index (χ3v) is 5.88. The Bertz CT molecular complexity index is 772. The van der Waals surface area contributed by atoms with E-state index in [4.69, 9.17) is 5.73 Å². The van der Waals surface area contributed by atoms with Gasteiger partial charge in [-0.1, -0.05) is 0 Å². The molecule has 2 aromatic rings. The molecule has 0 aliphatic rings. The first-order chi connectivity index (χ1) is 9.71. The lowest BCUT2D eigenvalue weighted by Crippen LogP contribution is -2.27. The van der Waals surface area contributed by atoms with Crippen molar-refractivity contribution < 1.29 is 12.8 Å². The van der Waals surface area contributed by atoms with E-state index >= 15 is 0 Å². The number of nitrogen functional groups attached to an aromatic ring is 1. The van der Waals surface area contributed by atoms with Gasteiger partial charge >= 0.3 is 0 Å². The van der Waals surface area contributed by atoms with Gasteiger partial charge in [0.05, 0.1) is 9.90 Å². The van der Waals surface area contributed by atoms with Crippen LogP contribution >= 0.6 is 11.3 Å². The first-order valence-corrected chi connectivity index (χ1v) is 8.40. The molecule has 0 unspecified atom stereocenters. The first kappa shape index (κ1) is 15.9. The van der Waals surface area contributed by atoms with Gasteiger partial charge in [0.1, 0.15) is 5.82 Å². The van der Waals surface area contributed by atoms with Gasteiger partial charge in [-0.15, -0.1) is 11.3 Å². The summed E-state index contributed by atoms with van der Waals surface area (Å²) in [5.41, 5.74) is 5.70. The summed E-state index contributed by atoms with van der Waals surface area (Å²) in [7, 11) is -2.36. The van der Waals surface area contributed by atoms with Crippen LogP contribution in [0.4, 0.5) is 10.1 Å². The Morgan fingerprint density at radius 2 is 2.05 bits per heavy atom. The largest absolute Gasteiger partial charge is 0.399 e. The number of hydrogen-bond donors (Lipinski definition) is 1. The summed E-state index contributed by atoms with van der Waals surface area (Å²) in [5.74, 6) is -0.629. The van der Waals surface area contributed by atoms with E-state index in [1.54, 1.807) is 6.20 Å². The highest BCUT2D eigenvalue weighted by Crippen LogP contribution is 2.26. The molecule has 1 aromatic heterocycles. The second-order valence-electron chi connectivity index (χ2n) is 4.73. The molecule has 0 aliphatic carbocycles. The molecular weight excluding hydrogens is 313 g/mol. The van der Waals surface area contributed by atoms with E-state index < -0.39 is 15.8 Å². The highest BCUT2D eigenvalue weighted by atomic mass is 32.2. The summed E-state index contributed by atoms with van der Waals surface area (Å²) in [6.45, 7) is 3.45. The van der Waals surface area contributed by atoms with Gasteiger partial charge in [0, 0.05) is 35.9 Å². The van der Waals surface area contributed by atoms with Crippen molar-refractivity contribution in [2.75, 3.05) is 12.8 Å². The van der Waals surface area contributed by atoms with E-state index in [2.05, 4.69) is 4.98 Å². The van der Waals surface area contributed by atoms with E-state index in [1.165, 1.54) is 35.7 Å². The van der Waals surface area contributed by atoms with Gasteiger partial charge in [-0.3, -0.25) is 0 Å². The average Bonchev–Trinajstić information content (AvgIpc) is 2.79. The number of anilines is 1. The molecule has 1 heterocycles. The van der Waals surface area contributed by atoms with Crippen LogP contribution in [0.5, 0.6) is 0 Å². The van der Waals surface area contributed by atoms with E-state index in [0.29, 0.717) is 0 Å². The van der Waals surface area contributed by atoms with Crippen LogP contribution in [0.15, 0.2) is 23.2 Å². The summed E-state index contributed by atoms with van der Waals surface area (Å²) in [6, 6.07) is 2.39. The van der Waals surface area contributed by atoms with Gasteiger partial charge in [-0.2, -0.15) is 4.31 Å². The van der Waals surface area contributed by atoms with Gasteiger partial charge < -0.3 is 5.73 Å². The Morgan fingerprint density at radius 1 is 1.38 bits per heavy atom. The number of nitrogens with two attached hydrogens (primary N) is 1. The summed E-state index contributed by atoms with van der Waals surface area (Å²) >= 11 is 1.42. The quantitative estimate of drug-likeness (QED) is 0.873. The molecule has 0 radical (unpaired) electrons. The maximum Gasteiger partial charge on any atom is 0.243 e. The number of benzene rings is 1. The molecule has 5 nitrogen and oxygen atoms in total. The topological polar surface area (TPSA) is 76.3 Å². The molecule has 0 bridgehead atoms. The first-order valence-electron chi connectivity index (χ1n) is 6.15. The van der Waals surface area contributed by atoms with E-state index in [-0.39, 0.29) is 22.7 Å². The van der Waals surface area contributed by atoms with E-state index in [0.717, 1.165) is 16.0 Å². The number of hydrogen-bond acceptors (Lipinski definition) is 5. The monoisotopic (exact) mass is 329 g/mol. The number of aryl methyl sites for hydroxylation is 1. The van der Waals surface area contributed by atoms with Crippen LogP contribution in [0, 0.1) is 19.7 Å². The van der Waals surface area contributed by atoms with Crippen molar-refractivity contribution in [3.05, 3.63) is 39.6 Å². The van der Waals surface area contributed by atoms with Crippen LogP contribution < -0.4 is 5.73 Å². The van der Waals surface area contributed by atoms with Gasteiger partial charge in [0.2, 0.25) is 10.0 Å². The zero-order valence-corrected chi connectivity index (χ0v) is 13.6. The molecule has 1 aromatic carbocycles. The van der Waals surface area contributed by atoms with E-state index in [9.17, 15) is 12.8 Å². The highest BCUT2D eigenvalue weighted by Gasteiger charge is 2.25. The molecule has 0 saturated carbocycles. The Hall–Kier alpha value is -1.51. The summed E-state index contributed by atoms with van der Waals surface area (Å²) < 4.78 is 40.0. The van der Waals surface area contributed by atoms with E-state index in [1.807, 2.05) is 6.92 Å². The minimum Gasteiger partial charge on any atom is -0.399 e. The number of aromatic nitrogens is 1. The fourth-order valence-electron chi connectivity index (χ4n) is 1.89. The number of halogens is 1. The van der Waals surface area contributed by atoms with Gasteiger partial charge in [0.25, 0.3) is 0 Å². The number of sulfonamides is 1.